The van der Waals surface area contributed by atoms with Crippen LogP contribution < -0.4 is 4.74 Å². The number of carboxylic acid groups (broad SMARTS) is 1. The van der Waals surface area contributed by atoms with Gasteiger partial charge in [0, 0.05) is 35.7 Å². The quantitative estimate of drug-likeness (QED) is 0.911. The van der Waals surface area contributed by atoms with Crippen LogP contribution >= 0.6 is 0 Å². The number of carboxylic acids is 1. The number of aromatic nitrogens is 1. The number of nitrogens with zero attached hydrogens (tertiary/aromatic N) is 1. The molecule has 0 radical (unpaired) electrons. The molecular weight excluding hydrogens is 280 g/mol. The van der Waals surface area contributed by atoms with Crippen molar-refractivity contribution in [3.63, 3.8) is 0 Å². The Morgan fingerprint density at radius 1 is 1.45 bits per heavy atom. The van der Waals surface area contributed by atoms with E-state index in [4.69, 9.17) is 4.74 Å². The first kappa shape index (κ1) is 14.9. The Kier molecular flexibility index (Phi) is 3.83. The standard InChI is InChI=1S/C17H22N2O3/c1-10(2)19-7-6-13(9-19)22-12-4-5-15-14(8-12)16(17(20)21)11(3)18-15/h4-5,8,10,13,18H,6-7,9H2,1-3H3,(H,20,21). The highest BCUT2D eigenvalue weighted by Gasteiger charge is 2.25. The lowest BCUT2D eigenvalue weighted by molar-refractivity contribution is 0.0698. The predicted molar refractivity (Wildman–Crippen MR) is 85.7 cm³/mol. The molecule has 2 aromatic rings. The molecule has 22 heavy (non-hydrogen) atoms. The maximum absolute atomic E-state index is 11.4. The predicted octanol–water partition coefficient (Wildman–Crippen LogP) is 3.04. The van der Waals surface area contributed by atoms with E-state index in [9.17, 15) is 9.90 Å². The molecule has 2 N–H and O–H groups in total. The molecule has 5 nitrogen and oxygen atoms in total. The normalized spacial score (nSPS) is 19.2. The van der Waals surface area contributed by atoms with Gasteiger partial charge >= 0.3 is 5.97 Å². The van der Waals surface area contributed by atoms with Crippen LogP contribution in [0.3, 0.4) is 0 Å². The number of likely N-dealkylation sites (tertiary alicyclic amines) is 1. The zero-order chi connectivity index (χ0) is 15.9. The van der Waals surface area contributed by atoms with E-state index in [0.29, 0.717) is 22.7 Å². The first-order valence-corrected chi connectivity index (χ1v) is 7.72. The van der Waals surface area contributed by atoms with Crippen LogP contribution in [0.15, 0.2) is 18.2 Å². The van der Waals surface area contributed by atoms with Crippen molar-refractivity contribution >= 4 is 16.9 Å². The fraction of sp³-hybridized carbons (Fsp3) is 0.471. The van der Waals surface area contributed by atoms with Crippen LogP contribution in [0.5, 0.6) is 5.75 Å². The number of hydrogen-bond donors (Lipinski definition) is 2. The average Bonchev–Trinajstić information content (AvgIpc) is 3.02. The van der Waals surface area contributed by atoms with E-state index in [1.165, 1.54) is 0 Å². The molecule has 0 spiro atoms. The molecule has 1 aromatic carbocycles. The molecule has 2 heterocycles. The largest absolute Gasteiger partial charge is 0.489 e. The third-order valence-corrected chi connectivity index (χ3v) is 4.38. The van der Waals surface area contributed by atoms with Crippen LogP contribution in [0.1, 0.15) is 36.3 Å². The van der Waals surface area contributed by atoms with Gasteiger partial charge in [0.2, 0.25) is 0 Å². The Labute approximate surface area is 129 Å². The van der Waals surface area contributed by atoms with E-state index in [1.54, 1.807) is 6.92 Å². The van der Waals surface area contributed by atoms with Crippen molar-refractivity contribution in [1.29, 1.82) is 0 Å². The lowest BCUT2D eigenvalue weighted by Crippen LogP contribution is -2.30. The zero-order valence-corrected chi connectivity index (χ0v) is 13.2. The maximum Gasteiger partial charge on any atom is 0.338 e. The Bertz CT molecular complexity index is 705. The first-order chi connectivity index (χ1) is 10.5. The monoisotopic (exact) mass is 302 g/mol. The third-order valence-electron chi connectivity index (χ3n) is 4.38. The lowest BCUT2D eigenvalue weighted by atomic mass is 10.1. The van der Waals surface area contributed by atoms with Crippen LogP contribution in [0, 0.1) is 6.92 Å². The summed E-state index contributed by atoms with van der Waals surface area (Å²) in [5.41, 5.74) is 1.83. The summed E-state index contributed by atoms with van der Waals surface area (Å²) < 4.78 is 6.06. The minimum absolute atomic E-state index is 0.174. The molecule has 1 saturated heterocycles. The molecule has 0 aliphatic carbocycles. The van der Waals surface area contributed by atoms with Crippen LogP contribution in [0.4, 0.5) is 0 Å². The van der Waals surface area contributed by atoms with Gasteiger partial charge in [-0.25, -0.2) is 4.79 Å². The lowest BCUT2D eigenvalue weighted by Gasteiger charge is -2.20. The molecule has 1 atom stereocenters. The van der Waals surface area contributed by atoms with Crippen molar-refractivity contribution in [3.8, 4) is 5.75 Å². The molecule has 3 rings (SSSR count). The van der Waals surface area contributed by atoms with Gasteiger partial charge in [-0.05, 0) is 45.4 Å². The molecule has 5 heteroatoms. The van der Waals surface area contributed by atoms with Gasteiger partial charge in [-0.1, -0.05) is 0 Å². The molecule has 1 aliphatic heterocycles. The van der Waals surface area contributed by atoms with Crippen molar-refractivity contribution in [1.82, 2.24) is 9.88 Å². The fourth-order valence-electron chi connectivity index (χ4n) is 3.17. The second-order valence-corrected chi connectivity index (χ2v) is 6.25. The summed E-state index contributed by atoms with van der Waals surface area (Å²) in [4.78, 5) is 16.9. The highest BCUT2D eigenvalue weighted by molar-refractivity contribution is 6.05. The number of benzene rings is 1. The number of ether oxygens (including phenoxy) is 1. The SMILES string of the molecule is Cc1[nH]c2ccc(OC3CCN(C(C)C)C3)cc2c1C(=O)O. The van der Waals surface area contributed by atoms with E-state index in [-0.39, 0.29) is 6.10 Å². The van der Waals surface area contributed by atoms with E-state index in [2.05, 4.69) is 23.7 Å². The minimum atomic E-state index is -0.909. The number of H-pyrrole nitrogens is 1. The average molecular weight is 302 g/mol. The highest BCUT2D eigenvalue weighted by atomic mass is 16.5. The molecule has 0 saturated carbocycles. The van der Waals surface area contributed by atoms with Crippen molar-refractivity contribution in [2.24, 2.45) is 0 Å². The molecular formula is C17H22N2O3. The summed E-state index contributed by atoms with van der Waals surface area (Å²) in [6.45, 7) is 8.13. The van der Waals surface area contributed by atoms with Crippen LogP contribution in [-0.4, -0.2) is 46.2 Å². The molecule has 0 bridgehead atoms. The number of carbonyl (C=O) groups is 1. The number of hydrogen-bond acceptors (Lipinski definition) is 3. The van der Waals surface area contributed by atoms with Gasteiger partial charge in [-0.15, -0.1) is 0 Å². The Morgan fingerprint density at radius 3 is 2.86 bits per heavy atom. The maximum atomic E-state index is 11.4. The van der Waals surface area contributed by atoms with Gasteiger partial charge in [0.25, 0.3) is 0 Å². The van der Waals surface area contributed by atoms with Crippen molar-refractivity contribution in [2.75, 3.05) is 13.1 Å². The number of nitrogens with one attached hydrogen (secondary N) is 1. The van der Waals surface area contributed by atoms with Crippen LogP contribution in [0.2, 0.25) is 0 Å². The van der Waals surface area contributed by atoms with E-state index < -0.39 is 5.97 Å². The van der Waals surface area contributed by atoms with Crippen LogP contribution in [-0.2, 0) is 0 Å². The first-order valence-electron chi connectivity index (χ1n) is 7.72. The smallest absolute Gasteiger partial charge is 0.338 e. The number of aromatic carboxylic acids is 1. The molecule has 1 fully saturated rings. The summed E-state index contributed by atoms with van der Waals surface area (Å²) in [6, 6.07) is 6.16. The van der Waals surface area contributed by atoms with E-state index >= 15 is 0 Å². The Morgan fingerprint density at radius 2 is 2.23 bits per heavy atom. The summed E-state index contributed by atoms with van der Waals surface area (Å²) >= 11 is 0. The number of fused-ring (bicyclic) bond motifs is 1. The molecule has 1 aliphatic rings. The van der Waals surface area contributed by atoms with Gasteiger partial charge in [-0.2, -0.15) is 0 Å². The van der Waals surface area contributed by atoms with Crippen molar-refractivity contribution < 1.29 is 14.6 Å². The summed E-state index contributed by atoms with van der Waals surface area (Å²) in [7, 11) is 0. The topological polar surface area (TPSA) is 65.6 Å². The minimum Gasteiger partial charge on any atom is -0.489 e. The van der Waals surface area contributed by atoms with Gasteiger partial charge in [-0.3, -0.25) is 4.90 Å². The molecule has 118 valence electrons. The van der Waals surface area contributed by atoms with Gasteiger partial charge in [0.1, 0.15) is 11.9 Å². The Balaban J connectivity index is 1.83. The molecule has 1 aromatic heterocycles. The van der Waals surface area contributed by atoms with E-state index in [1.807, 2.05) is 18.2 Å². The highest BCUT2D eigenvalue weighted by Crippen LogP contribution is 2.28. The van der Waals surface area contributed by atoms with Crippen molar-refractivity contribution in [2.45, 2.75) is 39.3 Å². The zero-order valence-electron chi connectivity index (χ0n) is 13.2. The van der Waals surface area contributed by atoms with Crippen LogP contribution in [0.25, 0.3) is 10.9 Å². The Hall–Kier alpha value is -2.01. The van der Waals surface area contributed by atoms with Gasteiger partial charge in [0.15, 0.2) is 0 Å². The second kappa shape index (κ2) is 5.65. The second-order valence-electron chi connectivity index (χ2n) is 6.25. The fourth-order valence-corrected chi connectivity index (χ4v) is 3.17. The van der Waals surface area contributed by atoms with E-state index in [0.717, 1.165) is 30.8 Å². The van der Waals surface area contributed by atoms with Gasteiger partial charge < -0.3 is 14.8 Å². The van der Waals surface area contributed by atoms with Crippen molar-refractivity contribution in [3.05, 3.63) is 29.5 Å². The molecule has 0 amide bonds. The summed E-state index contributed by atoms with van der Waals surface area (Å²) in [5.74, 6) is -0.169. The number of aromatic amines is 1. The number of aryl methyl sites for hydroxylation is 1. The molecule has 1 unspecified atom stereocenters. The summed E-state index contributed by atoms with van der Waals surface area (Å²) in [5, 5.41) is 10.1. The number of rotatable bonds is 4. The third kappa shape index (κ3) is 2.68. The summed E-state index contributed by atoms with van der Waals surface area (Å²) in [6.07, 6.45) is 1.18. The van der Waals surface area contributed by atoms with Gasteiger partial charge in [0.05, 0.1) is 5.56 Å².